The van der Waals surface area contributed by atoms with Crippen molar-refractivity contribution in [2.24, 2.45) is 10.9 Å². The van der Waals surface area contributed by atoms with Crippen LogP contribution >= 0.6 is 24.0 Å². The van der Waals surface area contributed by atoms with Crippen molar-refractivity contribution in [3.8, 4) is 5.75 Å². The van der Waals surface area contributed by atoms with E-state index in [9.17, 15) is 4.79 Å². The van der Waals surface area contributed by atoms with Crippen molar-refractivity contribution in [3.63, 3.8) is 0 Å². The van der Waals surface area contributed by atoms with E-state index in [-0.39, 0.29) is 41.9 Å². The van der Waals surface area contributed by atoms with Gasteiger partial charge >= 0.3 is 0 Å². The lowest BCUT2D eigenvalue weighted by atomic mass is 9.89. The van der Waals surface area contributed by atoms with E-state index in [1.54, 1.807) is 7.05 Å². The summed E-state index contributed by atoms with van der Waals surface area (Å²) in [5.74, 6) is 1.99. The summed E-state index contributed by atoms with van der Waals surface area (Å²) in [5.41, 5.74) is 2.25. The molecule has 1 atom stereocenters. The molecule has 1 aliphatic carbocycles. The van der Waals surface area contributed by atoms with E-state index in [1.165, 1.54) is 24.8 Å². The third kappa shape index (κ3) is 8.48. The van der Waals surface area contributed by atoms with Crippen molar-refractivity contribution in [2.75, 3.05) is 33.4 Å². The first kappa shape index (κ1) is 25.7. The van der Waals surface area contributed by atoms with Crippen molar-refractivity contribution in [3.05, 3.63) is 29.3 Å². The molecular formula is C23H37IN4O3. The molecule has 1 aromatic carbocycles. The predicted molar refractivity (Wildman–Crippen MR) is 134 cm³/mol. The van der Waals surface area contributed by atoms with Gasteiger partial charge in [-0.2, -0.15) is 0 Å². The van der Waals surface area contributed by atoms with E-state index in [2.05, 4.69) is 46.1 Å². The smallest absolute Gasteiger partial charge is 0.223 e. The molecule has 1 aromatic rings. The zero-order valence-electron chi connectivity index (χ0n) is 18.7. The number of nitrogens with one attached hydrogen (secondary N) is 3. The minimum atomic E-state index is 0. The zero-order chi connectivity index (χ0) is 21.2. The topological polar surface area (TPSA) is 84.0 Å². The van der Waals surface area contributed by atoms with Gasteiger partial charge in [-0.15, -0.1) is 24.0 Å². The first-order valence-corrected chi connectivity index (χ1v) is 11.2. The lowest BCUT2D eigenvalue weighted by Crippen LogP contribution is -2.42. The van der Waals surface area contributed by atoms with Crippen LogP contribution in [-0.2, 0) is 16.1 Å². The molecule has 2 aliphatic rings. The standard InChI is InChI=1S/C23H36N4O3.HI/c1-17-8-9-19(21(14-17)30-20-10-13-29-16-20)15-27-23(24-2)26-12-11-25-22(28)18-6-4-3-5-7-18;/h8-9,14,18,20H,3-7,10-13,15-16H2,1-2H3,(H,25,28)(H2,24,26,27);1H. The number of benzene rings is 1. The van der Waals surface area contributed by atoms with Crippen LogP contribution in [0.15, 0.2) is 23.2 Å². The van der Waals surface area contributed by atoms with Crippen molar-refractivity contribution >= 4 is 35.8 Å². The van der Waals surface area contributed by atoms with Gasteiger partial charge < -0.3 is 25.4 Å². The van der Waals surface area contributed by atoms with Gasteiger partial charge in [-0.3, -0.25) is 9.79 Å². The maximum atomic E-state index is 12.2. The summed E-state index contributed by atoms with van der Waals surface area (Å²) in [4.78, 5) is 16.5. The molecule has 2 fully saturated rings. The van der Waals surface area contributed by atoms with Gasteiger partial charge in [0.2, 0.25) is 5.91 Å². The third-order valence-electron chi connectivity index (χ3n) is 5.77. The fourth-order valence-corrected chi connectivity index (χ4v) is 3.98. The van der Waals surface area contributed by atoms with Crippen LogP contribution in [0.4, 0.5) is 0 Å². The number of rotatable bonds is 8. The van der Waals surface area contributed by atoms with E-state index in [0.29, 0.717) is 32.2 Å². The van der Waals surface area contributed by atoms with Crippen molar-refractivity contribution in [2.45, 2.75) is 58.1 Å². The fourth-order valence-electron chi connectivity index (χ4n) is 3.98. The SMILES string of the molecule is CN=C(NCCNC(=O)C1CCCCC1)NCc1ccc(C)cc1OC1CCOC1.I. The Hall–Kier alpha value is -1.55. The second-order valence-electron chi connectivity index (χ2n) is 8.19. The Kier molecular flexibility index (Phi) is 11.4. The average molecular weight is 544 g/mol. The fraction of sp³-hybridized carbons (Fsp3) is 0.652. The number of aliphatic imine (C=N–C) groups is 1. The Labute approximate surface area is 203 Å². The first-order valence-electron chi connectivity index (χ1n) is 11.2. The number of carbonyl (C=O) groups is 1. The molecule has 1 heterocycles. The van der Waals surface area contributed by atoms with Gasteiger partial charge in [0.1, 0.15) is 11.9 Å². The molecule has 1 saturated carbocycles. The van der Waals surface area contributed by atoms with Crippen LogP contribution in [0.2, 0.25) is 0 Å². The van der Waals surface area contributed by atoms with Crippen LogP contribution < -0.4 is 20.7 Å². The van der Waals surface area contributed by atoms with E-state index in [0.717, 1.165) is 37.2 Å². The molecule has 1 unspecified atom stereocenters. The first-order chi connectivity index (χ1) is 14.7. The van der Waals surface area contributed by atoms with Crippen molar-refractivity contribution < 1.29 is 14.3 Å². The number of hydrogen-bond acceptors (Lipinski definition) is 4. The molecule has 3 N–H and O–H groups in total. The highest BCUT2D eigenvalue weighted by Crippen LogP contribution is 2.24. The summed E-state index contributed by atoms with van der Waals surface area (Å²) >= 11 is 0. The van der Waals surface area contributed by atoms with Crippen molar-refractivity contribution in [1.29, 1.82) is 0 Å². The molecule has 3 rings (SSSR count). The van der Waals surface area contributed by atoms with Gasteiger partial charge in [0, 0.05) is 44.6 Å². The summed E-state index contributed by atoms with van der Waals surface area (Å²) in [6, 6.07) is 6.25. The van der Waals surface area contributed by atoms with Crippen LogP contribution in [0.25, 0.3) is 0 Å². The second kappa shape index (κ2) is 13.8. The zero-order valence-corrected chi connectivity index (χ0v) is 21.1. The highest BCUT2D eigenvalue weighted by atomic mass is 127. The number of nitrogens with zero attached hydrogens (tertiary/aromatic N) is 1. The molecular weight excluding hydrogens is 507 g/mol. The molecule has 0 radical (unpaired) electrons. The molecule has 1 amide bonds. The summed E-state index contributed by atoms with van der Waals surface area (Å²) in [5, 5.41) is 9.65. The van der Waals surface area contributed by atoms with Crippen LogP contribution in [0.5, 0.6) is 5.75 Å². The number of aryl methyl sites for hydroxylation is 1. The van der Waals surface area contributed by atoms with E-state index in [4.69, 9.17) is 9.47 Å². The monoisotopic (exact) mass is 544 g/mol. The highest BCUT2D eigenvalue weighted by Gasteiger charge is 2.20. The molecule has 0 aromatic heterocycles. The van der Waals surface area contributed by atoms with Crippen LogP contribution in [0, 0.1) is 12.8 Å². The Morgan fingerprint density at radius 1 is 1.13 bits per heavy atom. The van der Waals surface area contributed by atoms with E-state index >= 15 is 0 Å². The number of guanidine groups is 1. The number of hydrogen-bond donors (Lipinski definition) is 3. The van der Waals surface area contributed by atoms with Gasteiger partial charge in [0.25, 0.3) is 0 Å². The highest BCUT2D eigenvalue weighted by molar-refractivity contribution is 14.0. The maximum absolute atomic E-state index is 12.2. The number of amides is 1. The van der Waals surface area contributed by atoms with Gasteiger partial charge in [0.15, 0.2) is 5.96 Å². The minimum absolute atomic E-state index is 0. The normalized spacial score (nSPS) is 19.4. The van der Waals surface area contributed by atoms with Crippen LogP contribution in [0.1, 0.15) is 49.7 Å². The summed E-state index contributed by atoms with van der Waals surface area (Å²) in [6.45, 7) is 5.31. The number of halogens is 1. The molecule has 1 aliphatic heterocycles. The lowest BCUT2D eigenvalue weighted by Gasteiger charge is -2.21. The van der Waals surface area contributed by atoms with E-state index in [1.807, 2.05) is 0 Å². The van der Waals surface area contributed by atoms with Crippen LogP contribution in [-0.4, -0.2) is 51.3 Å². The molecule has 0 spiro atoms. The minimum Gasteiger partial charge on any atom is -0.488 e. The largest absolute Gasteiger partial charge is 0.488 e. The lowest BCUT2D eigenvalue weighted by molar-refractivity contribution is -0.125. The average Bonchev–Trinajstić information content (AvgIpc) is 3.28. The van der Waals surface area contributed by atoms with E-state index < -0.39 is 0 Å². The summed E-state index contributed by atoms with van der Waals surface area (Å²) < 4.78 is 11.6. The number of carbonyl (C=O) groups excluding carboxylic acids is 1. The molecule has 31 heavy (non-hydrogen) atoms. The summed E-state index contributed by atoms with van der Waals surface area (Å²) in [7, 11) is 1.75. The van der Waals surface area contributed by atoms with Crippen molar-refractivity contribution in [1.82, 2.24) is 16.0 Å². The molecule has 1 saturated heterocycles. The Balaban J connectivity index is 0.00000341. The van der Waals surface area contributed by atoms with Crippen LogP contribution in [0.3, 0.4) is 0 Å². The second-order valence-corrected chi connectivity index (χ2v) is 8.19. The van der Waals surface area contributed by atoms with Gasteiger partial charge in [-0.25, -0.2) is 0 Å². The predicted octanol–water partition coefficient (Wildman–Crippen LogP) is 3.14. The van der Waals surface area contributed by atoms with Gasteiger partial charge in [0.05, 0.1) is 13.2 Å². The van der Waals surface area contributed by atoms with Gasteiger partial charge in [-0.05, 0) is 31.4 Å². The Morgan fingerprint density at radius 3 is 2.61 bits per heavy atom. The molecule has 0 bridgehead atoms. The third-order valence-corrected chi connectivity index (χ3v) is 5.77. The Morgan fingerprint density at radius 2 is 1.90 bits per heavy atom. The number of ether oxygens (including phenoxy) is 2. The van der Waals surface area contributed by atoms with Gasteiger partial charge in [-0.1, -0.05) is 31.4 Å². The molecule has 174 valence electrons. The molecule has 8 heteroatoms. The molecule has 7 nitrogen and oxygen atoms in total. The quantitative estimate of drug-likeness (QED) is 0.203. The maximum Gasteiger partial charge on any atom is 0.223 e. The summed E-state index contributed by atoms with van der Waals surface area (Å²) in [6.07, 6.45) is 6.70. The Bertz CT molecular complexity index is 717.